The molecule has 1 fully saturated rings. The van der Waals surface area contributed by atoms with E-state index in [1.165, 1.54) is 6.07 Å². The van der Waals surface area contributed by atoms with E-state index in [0.29, 0.717) is 37.6 Å². The zero-order chi connectivity index (χ0) is 24.8. The average Bonchev–Trinajstić information content (AvgIpc) is 2.87. The Morgan fingerprint density at radius 2 is 1.66 bits per heavy atom. The second-order valence-electron chi connectivity index (χ2n) is 8.71. The fraction of sp³-hybridized carbons (Fsp3) is 0.296. The summed E-state index contributed by atoms with van der Waals surface area (Å²) >= 11 is 0. The molecule has 8 heteroatoms. The number of carbonyl (C=O) groups is 2. The Balaban J connectivity index is 1.41. The van der Waals surface area contributed by atoms with Gasteiger partial charge in [-0.25, -0.2) is 4.39 Å². The van der Waals surface area contributed by atoms with Crippen LogP contribution in [0.15, 0.2) is 67.0 Å². The number of anilines is 2. The third-order valence-corrected chi connectivity index (χ3v) is 6.40. The Labute approximate surface area is 205 Å². The van der Waals surface area contributed by atoms with Crippen molar-refractivity contribution in [1.82, 2.24) is 15.2 Å². The van der Waals surface area contributed by atoms with Crippen molar-refractivity contribution < 1.29 is 14.0 Å². The highest BCUT2D eigenvalue weighted by Crippen LogP contribution is 2.25. The first-order valence-electron chi connectivity index (χ1n) is 11.7. The third kappa shape index (κ3) is 5.84. The molecule has 2 N–H and O–H groups in total. The van der Waals surface area contributed by atoms with Crippen molar-refractivity contribution in [3.63, 3.8) is 0 Å². The number of hydrogen-bond donors (Lipinski definition) is 2. The van der Waals surface area contributed by atoms with Gasteiger partial charge in [0.25, 0.3) is 0 Å². The number of nitrogens with zero attached hydrogens (tertiary/aromatic N) is 3. The Morgan fingerprint density at radius 3 is 2.31 bits per heavy atom. The lowest BCUT2D eigenvalue weighted by atomic mass is 10.1. The predicted molar refractivity (Wildman–Crippen MR) is 135 cm³/mol. The van der Waals surface area contributed by atoms with Gasteiger partial charge in [-0.05, 0) is 48.7 Å². The summed E-state index contributed by atoms with van der Waals surface area (Å²) < 4.78 is 14.2. The summed E-state index contributed by atoms with van der Waals surface area (Å²) in [5.41, 5.74) is 3.99. The molecule has 0 saturated carbocycles. The first-order valence-corrected chi connectivity index (χ1v) is 11.7. The molecule has 2 amide bonds. The lowest BCUT2D eigenvalue weighted by molar-refractivity contribution is -0.136. The minimum Gasteiger partial charge on any atom is -0.367 e. The summed E-state index contributed by atoms with van der Waals surface area (Å²) in [6, 6.07) is 16.1. The largest absolute Gasteiger partial charge is 0.367 e. The van der Waals surface area contributed by atoms with Crippen LogP contribution in [0, 0.1) is 19.7 Å². The molecular weight excluding hydrogens is 445 g/mol. The van der Waals surface area contributed by atoms with Crippen LogP contribution in [0.5, 0.6) is 0 Å². The number of piperazine rings is 1. The molecule has 0 unspecified atom stereocenters. The number of carbonyl (C=O) groups excluding carboxylic acids is 2. The molecule has 0 spiro atoms. The molecule has 2 heterocycles. The van der Waals surface area contributed by atoms with Crippen LogP contribution in [0.25, 0.3) is 0 Å². The zero-order valence-corrected chi connectivity index (χ0v) is 20.0. The summed E-state index contributed by atoms with van der Waals surface area (Å²) in [6.07, 6.45) is 3.48. The molecule has 0 bridgehead atoms. The Bertz CT molecular complexity index is 1160. The number of halogens is 1. The maximum Gasteiger partial charge on any atom is 0.313 e. The monoisotopic (exact) mass is 475 g/mol. The van der Waals surface area contributed by atoms with Gasteiger partial charge >= 0.3 is 11.8 Å². The first-order chi connectivity index (χ1) is 16.9. The number of hydrogen-bond acceptors (Lipinski definition) is 5. The van der Waals surface area contributed by atoms with Crippen LogP contribution in [-0.2, 0) is 9.59 Å². The highest BCUT2D eigenvalue weighted by molar-refractivity contribution is 6.39. The van der Waals surface area contributed by atoms with E-state index in [4.69, 9.17) is 0 Å². The van der Waals surface area contributed by atoms with Crippen LogP contribution in [0.2, 0.25) is 0 Å². The number of para-hydroxylation sites is 2. The molecule has 0 radical (unpaired) electrons. The highest BCUT2D eigenvalue weighted by atomic mass is 19.1. The van der Waals surface area contributed by atoms with Gasteiger partial charge in [0.1, 0.15) is 5.82 Å². The van der Waals surface area contributed by atoms with E-state index < -0.39 is 11.8 Å². The van der Waals surface area contributed by atoms with E-state index >= 15 is 0 Å². The maximum atomic E-state index is 14.2. The van der Waals surface area contributed by atoms with Gasteiger partial charge in [-0.15, -0.1) is 0 Å². The smallest absolute Gasteiger partial charge is 0.313 e. The molecular formula is C27H30FN5O2. The average molecular weight is 476 g/mol. The molecule has 1 aromatic heterocycles. The van der Waals surface area contributed by atoms with Crippen molar-refractivity contribution >= 4 is 23.2 Å². The van der Waals surface area contributed by atoms with E-state index in [9.17, 15) is 14.0 Å². The van der Waals surface area contributed by atoms with Crippen molar-refractivity contribution in [2.75, 3.05) is 42.9 Å². The lowest BCUT2D eigenvalue weighted by Crippen LogP contribution is -2.50. The van der Waals surface area contributed by atoms with E-state index in [1.54, 1.807) is 24.5 Å². The van der Waals surface area contributed by atoms with Gasteiger partial charge < -0.3 is 15.5 Å². The lowest BCUT2D eigenvalue weighted by Gasteiger charge is -2.40. The van der Waals surface area contributed by atoms with Crippen LogP contribution in [-0.4, -0.2) is 54.4 Å². The summed E-state index contributed by atoms with van der Waals surface area (Å²) in [5.74, 6) is -1.62. The van der Waals surface area contributed by atoms with Gasteiger partial charge in [-0.1, -0.05) is 36.4 Å². The number of aromatic nitrogens is 1. The van der Waals surface area contributed by atoms with E-state index in [1.807, 2.05) is 55.1 Å². The number of aryl methyl sites for hydroxylation is 2. The van der Waals surface area contributed by atoms with Crippen LogP contribution in [0.4, 0.5) is 15.8 Å². The molecule has 3 aromatic rings. The van der Waals surface area contributed by atoms with Crippen molar-refractivity contribution in [1.29, 1.82) is 0 Å². The molecule has 2 aromatic carbocycles. The van der Waals surface area contributed by atoms with E-state index in [-0.39, 0.29) is 18.4 Å². The molecule has 0 aliphatic carbocycles. The number of benzene rings is 2. The van der Waals surface area contributed by atoms with Gasteiger partial charge in [0.2, 0.25) is 0 Å². The summed E-state index contributed by atoms with van der Waals surface area (Å²) in [6.45, 7) is 6.69. The second-order valence-corrected chi connectivity index (χ2v) is 8.71. The fourth-order valence-electron chi connectivity index (χ4n) is 4.47. The van der Waals surface area contributed by atoms with Crippen LogP contribution < -0.4 is 15.5 Å². The van der Waals surface area contributed by atoms with Crippen LogP contribution in [0.3, 0.4) is 0 Å². The van der Waals surface area contributed by atoms with Gasteiger partial charge in [0.05, 0.1) is 11.7 Å². The summed E-state index contributed by atoms with van der Waals surface area (Å²) in [7, 11) is 0. The van der Waals surface area contributed by atoms with E-state index in [2.05, 4.69) is 20.5 Å². The molecule has 182 valence electrons. The molecule has 1 atom stereocenters. The quantitative estimate of drug-likeness (QED) is 0.534. The molecule has 4 rings (SSSR count). The second kappa shape index (κ2) is 11.1. The molecule has 1 aliphatic heterocycles. The van der Waals surface area contributed by atoms with E-state index in [0.717, 1.165) is 16.7 Å². The maximum absolute atomic E-state index is 14.2. The fourth-order valence-corrected chi connectivity index (χ4v) is 4.47. The highest BCUT2D eigenvalue weighted by Gasteiger charge is 2.27. The van der Waals surface area contributed by atoms with Gasteiger partial charge in [-0.3, -0.25) is 19.5 Å². The minimum atomic E-state index is -0.697. The number of amides is 2. The Hall–Kier alpha value is -3.78. The Kier molecular flexibility index (Phi) is 7.72. The zero-order valence-electron chi connectivity index (χ0n) is 20.0. The van der Waals surface area contributed by atoms with Crippen molar-refractivity contribution in [2.45, 2.75) is 19.9 Å². The van der Waals surface area contributed by atoms with Crippen molar-refractivity contribution in [3.05, 3.63) is 89.5 Å². The van der Waals surface area contributed by atoms with Crippen LogP contribution >= 0.6 is 0 Å². The Morgan fingerprint density at radius 1 is 0.943 bits per heavy atom. The summed E-state index contributed by atoms with van der Waals surface area (Å²) in [5, 5.41) is 5.53. The molecule has 35 heavy (non-hydrogen) atoms. The standard InChI is InChI=1S/C27H30FN5O2/c1-19-7-5-8-20(2)25(19)31-27(35)26(34)30-18-24(21-9-6-12-29-17-21)33-15-13-32(14-16-33)23-11-4-3-10-22(23)28/h3-12,17,24H,13-16,18H2,1-2H3,(H,30,34)(H,31,35)/t24-/m0/s1. The van der Waals surface area contributed by atoms with Crippen molar-refractivity contribution in [2.24, 2.45) is 0 Å². The van der Waals surface area contributed by atoms with Gasteiger partial charge in [-0.2, -0.15) is 0 Å². The number of rotatable bonds is 6. The normalized spacial score (nSPS) is 14.9. The molecule has 1 aliphatic rings. The number of nitrogens with one attached hydrogen (secondary N) is 2. The third-order valence-electron chi connectivity index (χ3n) is 6.40. The van der Waals surface area contributed by atoms with Gasteiger partial charge in [0.15, 0.2) is 0 Å². The minimum absolute atomic E-state index is 0.164. The molecule has 7 nitrogen and oxygen atoms in total. The first kappa shape index (κ1) is 24.3. The topological polar surface area (TPSA) is 77.6 Å². The number of pyridine rings is 1. The predicted octanol–water partition coefficient (Wildman–Crippen LogP) is 3.46. The van der Waals surface area contributed by atoms with Gasteiger partial charge in [0, 0.05) is 50.8 Å². The van der Waals surface area contributed by atoms with Crippen LogP contribution in [0.1, 0.15) is 22.7 Å². The SMILES string of the molecule is Cc1cccc(C)c1NC(=O)C(=O)NC[C@@H](c1cccnc1)N1CCN(c2ccccc2F)CC1. The van der Waals surface area contributed by atoms with Crippen molar-refractivity contribution in [3.8, 4) is 0 Å². The molecule has 1 saturated heterocycles. The summed E-state index contributed by atoms with van der Waals surface area (Å²) in [4.78, 5) is 33.7.